The van der Waals surface area contributed by atoms with Crippen LogP contribution in [0.5, 0.6) is 0 Å². The van der Waals surface area contributed by atoms with Crippen LogP contribution in [-0.4, -0.2) is 22.6 Å². The summed E-state index contributed by atoms with van der Waals surface area (Å²) in [5.41, 5.74) is 0.194. The molecule has 1 heterocycles. The van der Waals surface area contributed by atoms with Gasteiger partial charge in [0.25, 0.3) is 0 Å². The van der Waals surface area contributed by atoms with Crippen molar-refractivity contribution in [3.8, 4) is 0 Å². The summed E-state index contributed by atoms with van der Waals surface area (Å²) in [7, 11) is 0. The average Bonchev–Trinajstić information content (AvgIpc) is 2.20. The summed E-state index contributed by atoms with van der Waals surface area (Å²) >= 11 is 6.04. The minimum Gasteiger partial charge on any atom is -0.478 e. The maximum Gasteiger partial charge on any atom is 0.348 e. The lowest BCUT2D eigenvalue weighted by Crippen LogP contribution is -2.45. The number of ether oxygens (including phenoxy) is 1. The summed E-state index contributed by atoms with van der Waals surface area (Å²) in [4.78, 5) is 22.9. The zero-order chi connectivity index (χ0) is 12.8. The quantitative estimate of drug-likeness (QED) is 0.781. The monoisotopic (exact) mass is 254 g/mol. The van der Waals surface area contributed by atoms with Gasteiger partial charge in [-0.25, -0.2) is 9.59 Å². The number of halogens is 1. The zero-order valence-electron chi connectivity index (χ0n) is 9.41. The third-order valence-electron chi connectivity index (χ3n) is 2.84. The number of hydrogen-bond donors (Lipinski definition) is 1. The van der Waals surface area contributed by atoms with Crippen LogP contribution in [0.15, 0.2) is 12.1 Å². The van der Waals surface area contributed by atoms with Gasteiger partial charge in [0.2, 0.25) is 5.60 Å². The van der Waals surface area contributed by atoms with Crippen molar-refractivity contribution in [3.63, 3.8) is 0 Å². The van der Waals surface area contributed by atoms with Crippen molar-refractivity contribution < 1.29 is 19.4 Å². The van der Waals surface area contributed by atoms with E-state index in [0.717, 1.165) is 5.56 Å². The van der Waals surface area contributed by atoms with Crippen LogP contribution >= 0.6 is 11.6 Å². The predicted octanol–water partition coefficient (Wildman–Crippen LogP) is 2.20. The summed E-state index contributed by atoms with van der Waals surface area (Å²) in [6, 6.07) is 3.37. The maximum atomic E-state index is 11.8. The van der Waals surface area contributed by atoms with Gasteiger partial charge in [0.05, 0.1) is 5.56 Å². The van der Waals surface area contributed by atoms with E-state index in [1.54, 1.807) is 12.1 Å². The number of hydrogen-bond acceptors (Lipinski definition) is 3. The van der Waals surface area contributed by atoms with Crippen LogP contribution < -0.4 is 0 Å². The van der Waals surface area contributed by atoms with Crippen LogP contribution in [0.3, 0.4) is 0 Å². The van der Waals surface area contributed by atoms with Crippen LogP contribution in [0.1, 0.15) is 28.4 Å². The summed E-state index contributed by atoms with van der Waals surface area (Å²) < 4.78 is 4.97. The van der Waals surface area contributed by atoms with Crippen LogP contribution in [0.25, 0.3) is 0 Å². The molecule has 0 saturated heterocycles. The molecular formula is C12H11ClO4. The van der Waals surface area contributed by atoms with Gasteiger partial charge in [-0.3, -0.25) is 0 Å². The molecule has 4 nitrogen and oxygen atoms in total. The van der Waals surface area contributed by atoms with Crippen LogP contribution in [0.2, 0.25) is 5.02 Å². The Labute approximate surface area is 103 Å². The van der Waals surface area contributed by atoms with Crippen molar-refractivity contribution in [2.45, 2.75) is 25.9 Å². The topological polar surface area (TPSA) is 63.6 Å². The normalized spacial score (nSPS) is 22.9. The third-order valence-corrected chi connectivity index (χ3v) is 3.18. The molecule has 1 N–H and O–H groups in total. The highest BCUT2D eigenvalue weighted by molar-refractivity contribution is 6.32. The number of carbonyl (C=O) groups is 2. The molecule has 1 aliphatic heterocycles. The Bertz CT molecular complexity index is 523. The fourth-order valence-electron chi connectivity index (χ4n) is 1.89. The largest absolute Gasteiger partial charge is 0.478 e. The van der Waals surface area contributed by atoms with E-state index in [0.29, 0.717) is 16.1 Å². The number of carboxylic acids is 1. The molecule has 0 aromatic heterocycles. The molecule has 0 spiro atoms. The third kappa shape index (κ3) is 1.89. The predicted molar refractivity (Wildman–Crippen MR) is 61.3 cm³/mol. The van der Waals surface area contributed by atoms with E-state index in [-0.39, 0.29) is 6.42 Å². The smallest absolute Gasteiger partial charge is 0.348 e. The molecule has 1 unspecified atom stereocenters. The summed E-state index contributed by atoms with van der Waals surface area (Å²) in [6.45, 7) is 3.18. The molecule has 90 valence electrons. The number of aryl methyl sites for hydroxylation is 1. The second kappa shape index (κ2) is 3.74. The van der Waals surface area contributed by atoms with Crippen molar-refractivity contribution >= 4 is 23.5 Å². The van der Waals surface area contributed by atoms with Crippen molar-refractivity contribution in [1.29, 1.82) is 0 Å². The molecule has 1 aromatic carbocycles. The first-order chi connectivity index (χ1) is 7.83. The van der Waals surface area contributed by atoms with Gasteiger partial charge < -0.3 is 9.84 Å². The first kappa shape index (κ1) is 11.9. The van der Waals surface area contributed by atoms with E-state index in [4.69, 9.17) is 21.4 Å². The Morgan fingerprint density at radius 2 is 2.18 bits per heavy atom. The number of esters is 1. The van der Waals surface area contributed by atoms with E-state index in [1.807, 2.05) is 6.92 Å². The van der Waals surface area contributed by atoms with Gasteiger partial charge in [0, 0.05) is 11.4 Å². The molecule has 1 aliphatic rings. The fourth-order valence-corrected chi connectivity index (χ4v) is 2.23. The molecule has 0 bridgehead atoms. The van der Waals surface area contributed by atoms with E-state index >= 15 is 0 Å². The van der Waals surface area contributed by atoms with Crippen molar-refractivity contribution in [2.24, 2.45) is 0 Å². The van der Waals surface area contributed by atoms with Gasteiger partial charge in [-0.05, 0) is 37.1 Å². The van der Waals surface area contributed by atoms with Crippen LogP contribution in [0, 0.1) is 6.92 Å². The van der Waals surface area contributed by atoms with Gasteiger partial charge >= 0.3 is 11.9 Å². The molecule has 5 heteroatoms. The molecule has 17 heavy (non-hydrogen) atoms. The highest BCUT2D eigenvalue weighted by Crippen LogP contribution is 2.33. The minimum absolute atomic E-state index is 0.0858. The average molecular weight is 255 g/mol. The second-order valence-electron chi connectivity index (χ2n) is 4.38. The first-order valence-corrected chi connectivity index (χ1v) is 5.47. The number of carboxylic acid groups (broad SMARTS) is 1. The molecular weight excluding hydrogens is 244 g/mol. The number of carbonyl (C=O) groups excluding carboxylic acids is 1. The van der Waals surface area contributed by atoms with E-state index < -0.39 is 17.5 Å². The van der Waals surface area contributed by atoms with Crippen molar-refractivity contribution in [3.05, 3.63) is 33.8 Å². The highest BCUT2D eigenvalue weighted by atomic mass is 35.5. The molecule has 2 rings (SSSR count). The van der Waals surface area contributed by atoms with Crippen molar-refractivity contribution in [2.75, 3.05) is 0 Å². The van der Waals surface area contributed by atoms with E-state index in [9.17, 15) is 9.59 Å². The Balaban J connectivity index is 2.58. The van der Waals surface area contributed by atoms with Gasteiger partial charge in [0.1, 0.15) is 0 Å². The Morgan fingerprint density at radius 1 is 1.53 bits per heavy atom. The van der Waals surface area contributed by atoms with E-state index in [1.165, 1.54) is 6.92 Å². The number of aliphatic carboxylic acids is 1. The molecule has 0 amide bonds. The minimum atomic E-state index is -1.54. The van der Waals surface area contributed by atoms with Gasteiger partial charge in [0.15, 0.2) is 0 Å². The Hall–Kier alpha value is -1.55. The first-order valence-electron chi connectivity index (χ1n) is 5.09. The molecule has 0 aliphatic carbocycles. The number of rotatable bonds is 1. The molecule has 1 atom stereocenters. The van der Waals surface area contributed by atoms with Gasteiger partial charge in [-0.15, -0.1) is 0 Å². The molecule has 1 aromatic rings. The molecule has 0 radical (unpaired) electrons. The summed E-state index contributed by atoms with van der Waals surface area (Å²) in [6.07, 6.45) is 0.0858. The number of cyclic esters (lactones) is 1. The lowest BCUT2D eigenvalue weighted by atomic mass is 9.89. The maximum absolute atomic E-state index is 11.8. The summed E-state index contributed by atoms with van der Waals surface area (Å²) in [5, 5.41) is 9.47. The second-order valence-corrected chi connectivity index (χ2v) is 4.78. The summed E-state index contributed by atoms with van der Waals surface area (Å²) in [5.74, 6) is -1.81. The SMILES string of the molecule is Cc1cc(Cl)c2c(c1)C(=O)OC(C)(C(=O)O)C2. The Kier molecular flexibility index (Phi) is 2.62. The number of benzene rings is 1. The standard InChI is InChI=1S/C12H11ClO4/c1-6-3-7-8(9(13)4-6)5-12(2,11(15)16)17-10(7)14/h3-4H,5H2,1-2H3,(H,15,16). The molecule has 0 saturated carbocycles. The highest BCUT2D eigenvalue weighted by Gasteiger charge is 2.43. The van der Waals surface area contributed by atoms with Gasteiger partial charge in [-0.2, -0.15) is 0 Å². The van der Waals surface area contributed by atoms with E-state index in [2.05, 4.69) is 0 Å². The lowest BCUT2D eigenvalue weighted by Gasteiger charge is -2.31. The number of fused-ring (bicyclic) bond motifs is 1. The van der Waals surface area contributed by atoms with Gasteiger partial charge in [-0.1, -0.05) is 11.6 Å². The van der Waals surface area contributed by atoms with Crippen molar-refractivity contribution in [1.82, 2.24) is 0 Å². The lowest BCUT2D eigenvalue weighted by molar-refractivity contribution is -0.158. The molecule has 0 fully saturated rings. The fraction of sp³-hybridized carbons (Fsp3) is 0.333. The van der Waals surface area contributed by atoms with Crippen LogP contribution in [0.4, 0.5) is 0 Å². The van der Waals surface area contributed by atoms with Crippen LogP contribution in [-0.2, 0) is 16.0 Å². The Morgan fingerprint density at radius 3 is 2.76 bits per heavy atom. The zero-order valence-corrected chi connectivity index (χ0v) is 10.2.